The van der Waals surface area contributed by atoms with Crippen molar-refractivity contribution in [1.82, 2.24) is 9.78 Å². The van der Waals surface area contributed by atoms with Crippen LogP contribution in [0, 0.1) is 16.7 Å². The molecule has 2 rings (SSSR count). The van der Waals surface area contributed by atoms with Gasteiger partial charge in [-0.3, -0.25) is 4.68 Å². The maximum atomic E-state index is 6.41. The van der Waals surface area contributed by atoms with Gasteiger partial charge in [-0.05, 0) is 32.7 Å². The second-order valence-corrected chi connectivity index (χ2v) is 6.80. The summed E-state index contributed by atoms with van der Waals surface area (Å²) in [4.78, 5) is 0. The van der Waals surface area contributed by atoms with Gasteiger partial charge in [0.2, 0.25) is 0 Å². The maximum Gasteiger partial charge on any atom is 0.0693 e. The number of rotatable bonds is 2. The lowest BCUT2D eigenvalue weighted by molar-refractivity contribution is 0.457. The SMILES string of the molecule is Cn1ncc(Br)c1C(N)C1C(C)(C)C1(C)C. The molecule has 3 nitrogen and oxygen atoms in total. The molecule has 1 atom stereocenters. The largest absolute Gasteiger partial charge is 0.322 e. The van der Waals surface area contributed by atoms with Crippen LogP contribution in [0.15, 0.2) is 10.7 Å². The molecule has 1 heterocycles. The molecule has 0 aromatic carbocycles. The van der Waals surface area contributed by atoms with Gasteiger partial charge in [-0.1, -0.05) is 27.7 Å². The van der Waals surface area contributed by atoms with Crippen molar-refractivity contribution in [3.05, 3.63) is 16.4 Å². The number of aromatic nitrogens is 2. The molecule has 2 N–H and O–H groups in total. The Hall–Kier alpha value is -0.350. The van der Waals surface area contributed by atoms with Gasteiger partial charge in [0.15, 0.2) is 0 Å². The van der Waals surface area contributed by atoms with Gasteiger partial charge < -0.3 is 5.73 Å². The van der Waals surface area contributed by atoms with Crippen molar-refractivity contribution in [2.75, 3.05) is 0 Å². The summed E-state index contributed by atoms with van der Waals surface area (Å²) in [5.41, 5.74) is 8.11. The van der Waals surface area contributed by atoms with E-state index in [2.05, 4.69) is 48.7 Å². The highest BCUT2D eigenvalue weighted by Gasteiger charge is 2.67. The van der Waals surface area contributed by atoms with Crippen molar-refractivity contribution in [1.29, 1.82) is 0 Å². The fraction of sp³-hybridized carbons (Fsp3) is 0.750. The number of hydrogen-bond acceptors (Lipinski definition) is 2. The van der Waals surface area contributed by atoms with Crippen molar-refractivity contribution in [2.45, 2.75) is 33.7 Å². The van der Waals surface area contributed by atoms with E-state index in [0.717, 1.165) is 10.2 Å². The van der Waals surface area contributed by atoms with Crippen LogP contribution < -0.4 is 5.73 Å². The molecule has 0 aliphatic heterocycles. The zero-order valence-electron chi connectivity index (χ0n) is 10.6. The smallest absolute Gasteiger partial charge is 0.0693 e. The first-order chi connectivity index (χ1) is 7.21. The second-order valence-electron chi connectivity index (χ2n) is 5.95. The number of hydrogen-bond donors (Lipinski definition) is 1. The van der Waals surface area contributed by atoms with Gasteiger partial charge in [-0.25, -0.2) is 0 Å². The first-order valence-electron chi connectivity index (χ1n) is 5.64. The highest BCUT2D eigenvalue weighted by molar-refractivity contribution is 9.10. The van der Waals surface area contributed by atoms with E-state index >= 15 is 0 Å². The Kier molecular flexibility index (Phi) is 2.52. The van der Waals surface area contributed by atoms with Crippen molar-refractivity contribution >= 4 is 15.9 Å². The summed E-state index contributed by atoms with van der Waals surface area (Å²) in [6, 6.07) is 0.0480. The minimum absolute atomic E-state index is 0.0480. The highest BCUT2D eigenvalue weighted by atomic mass is 79.9. The molecule has 1 saturated carbocycles. The van der Waals surface area contributed by atoms with Crippen LogP contribution in [0.2, 0.25) is 0 Å². The first-order valence-corrected chi connectivity index (χ1v) is 6.43. The van der Waals surface area contributed by atoms with Gasteiger partial charge in [0.1, 0.15) is 0 Å². The van der Waals surface area contributed by atoms with E-state index in [1.165, 1.54) is 0 Å². The second kappa shape index (κ2) is 3.33. The van der Waals surface area contributed by atoms with E-state index < -0.39 is 0 Å². The maximum absolute atomic E-state index is 6.41. The lowest BCUT2D eigenvalue weighted by Gasteiger charge is -2.15. The summed E-state index contributed by atoms with van der Waals surface area (Å²) in [7, 11) is 1.95. The molecular formula is C12H20BrN3. The molecule has 1 aromatic heterocycles. The van der Waals surface area contributed by atoms with Crippen molar-refractivity contribution in [3.63, 3.8) is 0 Å². The van der Waals surface area contributed by atoms with Crippen LogP contribution in [0.3, 0.4) is 0 Å². The zero-order chi connectivity index (χ0) is 12.3. The molecule has 1 aromatic rings. The Morgan fingerprint density at radius 2 is 1.88 bits per heavy atom. The van der Waals surface area contributed by atoms with Crippen LogP contribution in [-0.4, -0.2) is 9.78 Å². The number of nitrogens with two attached hydrogens (primary N) is 1. The monoisotopic (exact) mass is 285 g/mol. The molecule has 0 bridgehead atoms. The Bertz CT molecular complexity index is 386. The summed E-state index contributed by atoms with van der Waals surface area (Å²) >= 11 is 3.53. The van der Waals surface area contributed by atoms with Gasteiger partial charge in [0.05, 0.1) is 22.4 Å². The molecule has 0 spiro atoms. The van der Waals surface area contributed by atoms with Gasteiger partial charge in [0.25, 0.3) is 0 Å². The van der Waals surface area contributed by atoms with Crippen LogP contribution in [0.1, 0.15) is 39.4 Å². The number of halogens is 1. The third-order valence-electron chi connectivity index (χ3n) is 4.74. The van der Waals surface area contributed by atoms with E-state index in [1.54, 1.807) is 0 Å². The Morgan fingerprint density at radius 3 is 2.19 bits per heavy atom. The molecule has 0 amide bonds. The molecule has 1 unspecified atom stereocenters. The van der Waals surface area contributed by atoms with Crippen LogP contribution in [-0.2, 0) is 7.05 Å². The third kappa shape index (κ3) is 1.39. The molecule has 16 heavy (non-hydrogen) atoms. The minimum Gasteiger partial charge on any atom is -0.322 e. The van der Waals surface area contributed by atoms with Crippen molar-refractivity contribution < 1.29 is 0 Å². The molecule has 0 radical (unpaired) electrons. The van der Waals surface area contributed by atoms with Gasteiger partial charge in [0, 0.05) is 7.05 Å². The normalized spacial score (nSPS) is 24.4. The number of nitrogens with zero attached hydrogens (tertiary/aromatic N) is 2. The predicted molar refractivity (Wildman–Crippen MR) is 68.9 cm³/mol. The lowest BCUT2D eigenvalue weighted by atomic mass is 10.0. The molecule has 1 aliphatic carbocycles. The van der Waals surface area contributed by atoms with Crippen LogP contribution in [0.25, 0.3) is 0 Å². The molecular weight excluding hydrogens is 266 g/mol. The summed E-state index contributed by atoms with van der Waals surface area (Å²) in [6.07, 6.45) is 1.82. The summed E-state index contributed by atoms with van der Waals surface area (Å²) < 4.78 is 2.89. The van der Waals surface area contributed by atoms with Gasteiger partial charge in [-0.2, -0.15) is 5.10 Å². The van der Waals surface area contributed by atoms with Crippen LogP contribution >= 0.6 is 15.9 Å². The average molecular weight is 286 g/mol. The molecule has 90 valence electrons. The van der Waals surface area contributed by atoms with E-state index in [0.29, 0.717) is 16.7 Å². The summed E-state index contributed by atoms with van der Waals surface area (Å²) in [5.74, 6) is 0.506. The average Bonchev–Trinajstić information content (AvgIpc) is 2.39. The molecule has 1 aliphatic rings. The third-order valence-corrected chi connectivity index (χ3v) is 5.36. The van der Waals surface area contributed by atoms with Crippen molar-refractivity contribution in [3.8, 4) is 0 Å². The molecule has 4 heteroatoms. The lowest BCUT2D eigenvalue weighted by Crippen LogP contribution is -2.20. The fourth-order valence-corrected chi connectivity index (χ4v) is 3.71. The predicted octanol–water partition coefficient (Wildman–Crippen LogP) is 2.86. The first kappa shape index (κ1) is 12.1. The zero-order valence-corrected chi connectivity index (χ0v) is 12.2. The van der Waals surface area contributed by atoms with Crippen LogP contribution in [0.5, 0.6) is 0 Å². The Labute approximate surface area is 106 Å². The minimum atomic E-state index is 0.0480. The molecule has 0 saturated heterocycles. The summed E-state index contributed by atoms with van der Waals surface area (Å²) in [6.45, 7) is 9.17. The molecule has 1 fully saturated rings. The van der Waals surface area contributed by atoms with E-state index in [4.69, 9.17) is 5.73 Å². The quantitative estimate of drug-likeness (QED) is 0.908. The topological polar surface area (TPSA) is 43.8 Å². The Morgan fingerprint density at radius 1 is 1.38 bits per heavy atom. The van der Waals surface area contributed by atoms with Crippen molar-refractivity contribution in [2.24, 2.45) is 29.5 Å². The highest BCUT2D eigenvalue weighted by Crippen LogP contribution is 2.71. The fourth-order valence-electron chi connectivity index (χ4n) is 3.10. The van der Waals surface area contributed by atoms with Gasteiger partial charge in [-0.15, -0.1) is 0 Å². The Balaban J connectivity index is 2.33. The van der Waals surface area contributed by atoms with Gasteiger partial charge >= 0.3 is 0 Å². The van der Waals surface area contributed by atoms with E-state index in [-0.39, 0.29) is 6.04 Å². The standard InChI is InChI=1S/C12H20BrN3/c1-11(2)10(12(11,3)4)8(14)9-7(13)6-15-16(9)5/h6,8,10H,14H2,1-5H3. The van der Waals surface area contributed by atoms with E-state index in [9.17, 15) is 0 Å². The van der Waals surface area contributed by atoms with Crippen LogP contribution in [0.4, 0.5) is 0 Å². The van der Waals surface area contributed by atoms with E-state index in [1.807, 2.05) is 17.9 Å². The summed E-state index contributed by atoms with van der Waals surface area (Å²) in [5, 5.41) is 4.23. The number of aryl methyl sites for hydroxylation is 1.